The van der Waals surface area contributed by atoms with Crippen molar-refractivity contribution in [2.75, 3.05) is 6.54 Å². The highest BCUT2D eigenvalue weighted by Crippen LogP contribution is 2.26. The number of fused-ring (bicyclic) bond motifs is 2. The molecule has 3 aromatic rings. The Morgan fingerprint density at radius 1 is 1.12 bits per heavy atom. The monoisotopic (exact) mass is 318 g/mol. The van der Waals surface area contributed by atoms with Gasteiger partial charge >= 0.3 is 0 Å². The van der Waals surface area contributed by atoms with Crippen LogP contribution in [0, 0.1) is 0 Å². The number of nitrogens with zero attached hydrogens (tertiary/aromatic N) is 1. The molecule has 24 heavy (non-hydrogen) atoms. The Labute approximate surface area is 142 Å². The summed E-state index contributed by atoms with van der Waals surface area (Å²) in [6.07, 6.45) is 2.79. The molecule has 2 heterocycles. The van der Waals surface area contributed by atoms with Crippen LogP contribution in [-0.4, -0.2) is 22.3 Å². The van der Waals surface area contributed by atoms with E-state index < -0.39 is 0 Å². The predicted octanol–water partition coefficient (Wildman–Crippen LogP) is 4.49. The summed E-state index contributed by atoms with van der Waals surface area (Å²) in [5, 5.41) is 1.03. The zero-order valence-electron chi connectivity index (χ0n) is 14.2. The molecule has 0 bridgehead atoms. The lowest BCUT2D eigenvalue weighted by molar-refractivity contribution is 0.0737. The maximum Gasteiger partial charge on any atom is 0.256 e. The zero-order valence-corrected chi connectivity index (χ0v) is 14.2. The minimum absolute atomic E-state index is 0.122. The van der Waals surface area contributed by atoms with Gasteiger partial charge in [0.25, 0.3) is 5.91 Å². The van der Waals surface area contributed by atoms with E-state index in [2.05, 4.69) is 55.2 Å². The molecule has 0 saturated heterocycles. The second-order valence-electron chi connectivity index (χ2n) is 6.91. The number of benzene rings is 2. The van der Waals surface area contributed by atoms with Crippen LogP contribution in [0.4, 0.5) is 0 Å². The van der Waals surface area contributed by atoms with E-state index in [9.17, 15) is 4.79 Å². The summed E-state index contributed by atoms with van der Waals surface area (Å²) in [5.41, 5.74) is 5.70. The molecule has 1 aliphatic rings. The number of hydrogen-bond donors (Lipinski definition) is 1. The first-order chi connectivity index (χ1) is 11.6. The molecule has 0 atom stereocenters. The summed E-state index contributed by atoms with van der Waals surface area (Å²) in [6.45, 7) is 5.84. The van der Waals surface area contributed by atoms with Gasteiger partial charge in [0.2, 0.25) is 0 Å². The molecule has 0 unspecified atom stereocenters. The van der Waals surface area contributed by atoms with Gasteiger partial charge in [0.05, 0.1) is 5.56 Å². The predicted molar refractivity (Wildman–Crippen MR) is 97.3 cm³/mol. The molecule has 1 N–H and O–H groups in total. The highest BCUT2D eigenvalue weighted by atomic mass is 16.2. The lowest BCUT2D eigenvalue weighted by Crippen LogP contribution is -2.35. The van der Waals surface area contributed by atoms with Crippen LogP contribution in [0.3, 0.4) is 0 Å². The highest BCUT2D eigenvalue weighted by Gasteiger charge is 2.23. The Hall–Kier alpha value is -2.55. The maximum absolute atomic E-state index is 13.1. The fraction of sp³-hybridized carbons (Fsp3) is 0.286. The van der Waals surface area contributed by atoms with Gasteiger partial charge in [-0.25, -0.2) is 0 Å². The summed E-state index contributed by atoms with van der Waals surface area (Å²) in [6, 6.07) is 14.8. The summed E-state index contributed by atoms with van der Waals surface area (Å²) in [7, 11) is 0. The largest absolute Gasteiger partial charge is 0.360 e. The standard InChI is InChI=1S/C21H22N2O/c1-14(2)16-7-8-20-18(11-16)19(12-22-20)21(24)23-10-9-15-5-3-4-6-17(15)13-23/h3-8,11-12,14,22H,9-10,13H2,1-2H3. The minimum Gasteiger partial charge on any atom is -0.360 e. The molecule has 0 radical (unpaired) electrons. The average molecular weight is 318 g/mol. The van der Waals surface area contributed by atoms with Gasteiger partial charge in [0, 0.05) is 30.2 Å². The van der Waals surface area contributed by atoms with Gasteiger partial charge in [-0.3, -0.25) is 4.79 Å². The first kappa shape index (κ1) is 15.0. The number of H-pyrrole nitrogens is 1. The molecule has 2 aromatic carbocycles. The molecule has 4 rings (SSSR count). The van der Waals surface area contributed by atoms with Gasteiger partial charge in [-0.15, -0.1) is 0 Å². The number of aromatic amines is 1. The molecule has 1 amide bonds. The number of aromatic nitrogens is 1. The van der Waals surface area contributed by atoms with Gasteiger partial charge in [-0.2, -0.15) is 0 Å². The van der Waals surface area contributed by atoms with Crippen molar-refractivity contribution in [2.45, 2.75) is 32.7 Å². The summed E-state index contributed by atoms with van der Waals surface area (Å²) < 4.78 is 0. The average Bonchev–Trinajstić information content (AvgIpc) is 3.03. The number of carbonyl (C=O) groups is 1. The second-order valence-corrected chi connectivity index (χ2v) is 6.91. The summed E-state index contributed by atoms with van der Waals surface area (Å²) >= 11 is 0. The lowest BCUT2D eigenvalue weighted by Gasteiger charge is -2.28. The number of rotatable bonds is 2. The van der Waals surface area contributed by atoms with E-state index in [4.69, 9.17) is 0 Å². The van der Waals surface area contributed by atoms with Gasteiger partial charge < -0.3 is 9.88 Å². The number of nitrogens with one attached hydrogen (secondary N) is 1. The van der Waals surface area contributed by atoms with Crippen molar-refractivity contribution in [3.63, 3.8) is 0 Å². The number of carbonyl (C=O) groups excluding carboxylic acids is 1. The third kappa shape index (κ3) is 2.50. The molecule has 0 spiro atoms. The molecule has 3 nitrogen and oxygen atoms in total. The third-order valence-electron chi connectivity index (χ3n) is 5.02. The topological polar surface area (TPSA) is 36.1 Å². The lowest BCUT2D eigenvalue weighted by atomic mass is 9.98. The minimum atomic E-state index is 0.122. The molecule has 122 valence electrons. The van der Waals surface area contributed by atoms with Gasteiger partial charge in [-0.1, -0.05) is 44.2 Å². The normalized spacial score (nSPS) is 14.2. The molecule has 3 heteroatoms. The molecule has 0 saturated carbocycles. The Kier molecular flexibility index (Phi) is 3.64. The fourth-order valence-electron chi connectivity index (χ4n) is 3.51. The van der Waals surface area contributed by atoms with Crippen LogP contribution in [0.15, 0.2) is 48.7 Å². The van der Waals surface area contributed by atoms with Crippen LogP contribution >= 0.6 is 0 Å². The molecule has 0 aliphatic carbocycles. The van der Waals surface area contributed by atoms with Crippen molar-refractivity contribution >= 4 is 16.8 Å². The van der Waals surface area contributed by atoms with Gasteiger partial charge in [-0.05, 0) is 41.2 Å². The smallest absolute Gasteiger partial charge is 0.256 e. The Morgan fingerprint density at radius 3 is 2.71 bits per heavy atom. The zero-order chi connectivity index (χ0) is 16.7. The van der Waals surface area contributed by atoms with E-state index >= 15 is 0 Å². The van der Waals surface area contributed by atoms with Crippen LogP contribution in [0.1, 0.15) is 46.8 Å². The third-order valence-corrected chi connectivity index (χ3v) is 5.02. The maximum atomic E-state index is 13.1. The molecule has 1 aromatic heterocycles. The fourth-order valence-corrected chi connectivity index (χ4v) is 3.51. The van der Waals surface area contributed by atoms with Crippen LogP contribution in [-0.2, 0) is 13.0 Å². The van der Waals surface area contributed by atoms with Gasteiger partial charge in [0.15, 0.2) is 0 Å². The van der Waals surface area contributed by atoms with Crippen molar-refractivity contribution in [1.29, 1.82) is 0 Å². The quantitative estimate of drug-likeness (QED) is 0.742. The van der Waals surface area contributed by atoms with Crippen LogP contribution in [0.2, 0.25) is 0 Å². The molecule has 0 fully saturated rings. The van der Waals surface area contributed by atoms with Crippen LogP contribution < -0.4 is 0 Å². The Balaban J connectivity index is 1.68. The number of hydrogen-bond acceptors (Lipinski definition) is 1. The van der Waals surface area contributed by atoms with E-state index in [1.165, 1.54) is 16.7 Å². The summed E-state index contributed by atoms with van der Waals surface area (Å²) in [5.74, 6) is 0.575. The van der Waals surface area contributed by atoms with Crippen molar-refractivity contribution in [3.05, 3.63) is 70.9 Å². The molecule has 1 aliphatic heterocycles. The Bertz CT molecular complexity index is 907. The van der Waals surface area contributed by atoms with Crippen molar-refractivity contribution in [2.24, 2.45) is 0 Å². The van der Waals surface area contributed by atoms with Crippen LogP contribution in [0.25, 0.3) is 10.9 Å². The van der Waals surface area contributed by atoms with Crippen molar-refractivity contribution in [3.8, 4) is 0 Å². The SMILES string of the molecule is CC(C)c1ccc2[nH]cc(C(=O)N3CCc4ccccc4C3)c2c1. The van der Waals surface area contributed by atoms with E-state index in [-0.39, 0.29) is 5.91 Å². The number of amides is 1. The van der Waals surface area contributed by atoms with Gasteiger partial charge in [0.1, 0.15) is 0 Å². The molecular weight excluding hydrogens is 296 g/mol. The van der Waals surface area contributed by atoms with Crippen molar-refractivity contribution in [1.82, 2.24) is 9.88 Å². The van der Waals surface area contributed by atoms with Crippen molar-refractivity contribution < 1.29 is 4.79 Å². The second kappa shape index (κ2) is 5.82. The van der Waals surface area contributed by atoms with E-state index in [1.807, 2.05) is 17.2 Å². The highest BCUT2D eigenvalue weighted by molar-refractivity contribution is 6.07. The summed E-state index contributed by atoms with van der Waals surface area (Å²) in [4.78, 5) is 18.3. The van der Waals surface area contributed by atoms with E-state index in [0.29, 0.717) is 12.5 Å². The molecular formula is C21H22N2O. The van der Waals surface area contributed by atoms with E-state index in [1.54, 1.807) is 0 Å². The first-order valence-electron chi connectivity index (χ1n) is 8.60. The first-order valence-corrected chi connectivity index (χ1v) is 8.60. The van der Waals surface area contributed by atoms with Crippen LogP contribution in [0.5, 0.6) is 0 Å². The van der Waals surface area contributed by atoms with E-state index in [0.717, 1.165) is 29.4 Å². The Morgan fingerprint density at radius 2 is 1.92 bits per heavy atom.